The molecule has 0 heterocycles. The molecule has 0 aromatic heterocycles. The Morgan fingerprint density at radius 2 is 2.05 bits per heavy atom. The van der Waals surface area contributed by atoms with Crippen molar-refractivity contribution in [3.63, 3.8) is 0 Å². The summed E-state index contributed by atoms with van der Waals surface area (Å²) in [6.07, 6.45) is 10.1. The number of carbonyl (C=O) groups is 1. The first-order valence-electron chi connectivity index (χ1n) is 8.59. The molecule has 2 atom stereocenters. The molecule has 1 rings (SSSR count). The summed E-state index contributed by atoms with van der Waals surface area (Å²) in [5, 5.41) is 0. The van der Waals surface area contributed by atoms with Gasteiger partial charge in [-0.25, -0.2) is 0 Å². The molecule has 0 aliphatic heterocycles. The van der Waals surface area contributed by atoms with Gasteiger partial charge in [-0.05, 0) is 45.4 Å². The third-order valence-corrected chi connectivity index (χ3v) is 4.54. The molecular formula is C17H34N2O. The molecule has 0 spiro atoms. The minimum absolute atomic E-state index is 0.327. The van der Waals surface area contributed by atoms with E-state index in [4.69, 9.17) is 5.73 Å². The van der Waals surface area contributed by atoms with Crippen molar-refractivity contribution in [3.8, 4) is 0 Å². The molecule has 2 N–H and O–H groups in total. The van der Waals surface area contributed by atoms with Crippen LogP contribution in [0.5, 0.6) is 0 Å². The van der Waals surface area contributed by atoms with Crippen LogP contribution in [0.15, 0.2) is 0 Å². The first-order valence-corrected chi connectivity index (χ1v) is 8.59. The maximum atomic E-state index is 12.4. The number of amides is 1. The molecule has 1 aliphatic carbocycles. The van der Waals surface area contributed by atoms with Gasteiger partial charge >= 0.3 is 0 Å². The predicted molar refractivity (Wildman–Crippen MR) is 85.5 cm³/mol. The number of hydrogen-bond acceptors (Lipinski definition) is 2. The Labute approximate surface area is 125 Å². The van der Waals surface area contributed by atoms with Crippen LogP contribution in [0, 0.1) is 5.92 Å². The van der Waals surface area contributed by atoms with Crippen LogP contribution in [0.25, 0.3) is 0 Å². The van der Waals surface area contributed by atoms with Crippen LogP contribution < -0.4 is 5.73 Å². The van der Waals surface area contributed by atoms with E-state index in [9.17, 15) is 4.79 Å². The van der Waals surface area contributed by atoms with Gasteiger partial charge in [0.2, 0.25) is 5.91 Å². The van der Waals surface area contributed by atoms with Crippen LogP contribution in [-0.2, 0) is 4.79 Å². The van der Waals surface area contributed by atoms with Gasteiger partial charge in [0.25, 0.3) is 0 Å². The van der Waals surface area contributed by atoms with Crippen LogP contribution in [0.1, 0.15) is 78.6 Å². The number of hydrogen-bond donors (Lipinski definition) is 1. The van der Waals surface area contributed by atoms with E-state index >= 15 is 0 Å². The van der Waals surface area contributed by atoms with E-state index < -0.39 is 0 Å². The lowest BCUT2D eigenvalue weighted by molar-refractivity contribution is -0.133. The van der Waals surface area contributed by atoms with Crippen molar-refractivity contribution in [1.29, 1.82) is 0 Å². The third kappa shape index (κ3) is 6.25. The van der Waals surface area contributed by atoms with E-state index in [-0.39, 0.29) is 0 Å². The number of carbonyl (C=O) groups excluding carboxylic acids is 1. The lowest BCUT2D eigenvalue weighted by atomic mass is 9.83. The molecule has 0 aromatic carbocycles. The third-order valence-electron chi connectivity index (χ3n) is 4.54. The Balaban J connectivity index is 2.33. The van der Waals surface area contributed by atoms with E-state index in [2.05, 4.69) is 25.7 Å². The topological polar surface area (TPSA) is 46.3 Å². The smallest absolute Gasteiger partial charge is 0.222 e. The summed E-state index contributed by atoms with van der Waals surface area (Å²) in [5.41, 5.74) is 6.03. The highest BCUT2D eigenvalue weighted by Gasteiger charge is 2.22. The van der Waals surface area contributed by atoms with Gasteiger partial charge in [-0.15, -0.1) is 0 Å². The maximum Gasteiger partial charge on any atom is 0.222 e. The summed E-state index contributed by atoms with van der Waals surface area (Å²) in [5.74, 6) is 1.02. The van der Waals surface area contributed by atoms with Gasteiger partial charge in [-0.1, -0.05) is 32.6 Å². The van der Waals surface area contributed by atoms with Gasteiger partial charge in [0, 0.05) is 25.0 Å². The molecular weight excluding hydrogens is 248 g/mol. The predicted octanol–water partition coefficient (Wildman–Crippen LogP) is 3.71. The van der Waals surface area contributed by atoms with Crippen molar-refractivity contribution in [2.45, 2.75) is 90.6 Å². The molecule has 0 bridgehead atoms. The zero-order valence-corrected chi connectivity index (χ0v) is 13.7. The second-order valence-electron chi connectivity index (χ2n) is 6.72. The van der Waals surface area contributed by atoms with Crippen molar-refractivity contribution in [2.75, 3.05) is 6.54 Å². The van der Waals surface area contributed by atoms with Crippen molar-refractivity contribution >= 4 is 5.91 Å². The van der Waals surface area contributed by atoms with Gasteiger partial charge in [0.15, 0.2) is 0 Å². The zero-order valence-electron chi connectivity index (χ0n) is 13.7. The SMILES string of the molecule is CCCCCN(C(=O)CCC1CCCC(N)C1)C(C)C. The summed E-state index contributed by atoms with van der Waals surface area (Å²) in [7, 11) is 0. The number of unbranched alkanes of at least 4 members (excludes halogenated alkanes) is 2. The van der Waals surface area contributed by atoms with Crippen LogP contribution in [0.4, 0.5) is 0 Å². The average Bonchev–Trinajstić information content (AvgIpc) is 2.41. The largest absolute Gasteiger partial charge is 0.340 e. The maximum absolute atomic E-state index is 12.4. The lowest BCUT2D eigenvalue weighted by Crippen LogP contribution is -2.38. The van der Waals surface area contributed by atoms with Crippen LogP contribution >= 0.6 is 0 Å². The summed E-state index contributed by atoms with van der Waals surface area (Å²) >= 11 is 0. The monoisotopic (exact) mass is 282 g/mol. The fourth-order valence-electron chi connectivity index (χ4n) is 3.27. The number of nitrogens with two attached hydrogens (primary N) is 1. The molecule has 0 aromatic rings. The number of rotatable bonds is 8. The highest BCUT2D eigenvalue weighted by atomic mass is 16.2. The molecule has 118 valence electrons. The number of nitrogens with zero attached hydrogens (tertiary/aromatic N) is 1. The molecule has 1 fully saturated rings. The first-order chi connectivity index (χ1) is 9.54. The minimum atomic E-state index is 0.327. The first kappa shape index (κ1) is 17.5. The van der Waals surface area contributed by atoms with E-state index in [1.807, 2.05) is 0 Å². The molecule has 0 saturated heterocycles. The Bertz CT molecular complexity index is 278. The van der Waals surface area contributed by atoms with Crippen molar-refractivity contribution in [1.82, 2.24) is 4.90 Å². The highest BCUT2D eigenvalue weighted by Crippen LogP contribution is 2.27. The fourth-order valence-corrected chi connectivity index (χ4v) is 3.27. The van der Waals surface area contributed by atoms with Crippen LogP contribution in [0.3, 0.4) is 0 Å². The van der Waals surface area contributed by atoms with E-state index in [0.717, 1.165) is 25.8 Å². The highest BCUT2D eigenvalue weighted by molar-refractivity contribution is 5.76. The molecule has 20 heavy (non-hydrogen) atoms. The van der Waals surface area contributed by atoms with Gasteiger partial charge in [-0.2, -0.15) is 0 Å². The Hall–Kier alpha value is -0.570. The molecule has 3 nitrogen and oxygen atoms in total. The lowest BCUT2D eigenvalue weighted by Gasteiger charge is -2.29. The average molecular weight is 282 g/mol. The molecule has 0 radical (unpaired) electrons. The Kier molecular flexibility index (Phi) is 8.20. The molecule has 1 aliphatic rings. The second kappa shape index (κ2) is 9.38. The molecule has 3 heteroatoms. The van der Waals surface area contributed by atoms with Gasteiger partial charge in [0.1, 0.15) is 0 Å². The standard InChI is InChI=1S/C17H34N2O/c1-4-5-6-12-19(14(2)3)17(20)11-10-15-8-7-9-16(18)13-15/h14-16H,4-13,18H2,1-3H3. The quantitative estimate of drug-likeness (QED) is 0.690. The normalized spacial score (nSPS) is 23.1. The van der Waals surface area contributed by atoms with Gasteiger partial charge < -0.3 is 10.6 Å². The van der Waals surface area contributed by atoms with Crippen molar-refractivity contribution in [2.24, 2.45) is 11.7 Å². The van der Waals surface area contributed by atoms with E-state index in [1.165, 1.54) is 32.1 Å². The van der Waals surface area contributed by atoms with Gasteiger partial charge in [0.05, 0.1) is 0 Å². The van der Waals surface area contributed by atoms with Crippen LogP contribution in [0.2, 0.25) is 0 Å². The fraction of sp³-hybridized carbons (Fsp3) is 0.941. The van der Waals surface area contributed by atoms with E-state index in [1.54, 1.807) is 0 Å². The molecule has 1 saturated carbocycles. The summed E-state index contributed by atoms with van der Waals surface area (Å²) in [6, 6.07) is 0.697. The summed E-state index contributed by atoms with van der Waals surface area (Å²) in [4.78, 5) is 14.5. The van der Waals surface area contributed by atoms with E-state index in [0.29, 0.717) is 30.3 Å². The Morgan fingerprint density at radius 3 is 2.65 bits per heavy atom. The summed E-state index contributed by atoms with van der Waals surface area (Å²) < 4.78 is 0. The van der Waals surface area contributed by atoms with Crippen LogP contribution in [-0.4, -0.2) is 29.4 Å². The summed E-state index contributed by atoms with van der Waals surface area (Å²) in [6.45, 7) is 7.38. The zero-order chi connectivity index (χ0) is 15.0. The Morgan fingerprint density at radius 1 is 1.30 bits per heavy atom. The molecule has 1 amide bonds. The van der Waals surface area contributed by atoms with Crippen molar-refractivity contribution in [3.05, 3.63) is 0 Å². The second-order valence-corrected chi connectivity index (χ2v) is 6.72. The molecule has 2 unspecified atom stereocenters. The van der Waals surface area contributed by atoms with Gasteiger partial charge in [-0.3, -0.25) is 4.79 Å². The minimum Gasteiger partial charge on any atom is -0.340 e. The van der Waals surface area contributed by atoms with Crippen molar-refractivity contribution < 1.29 is 4.79 Å².